The van der Waals surface area contributed by atoms with Crippen LogP contribution in [0.5, 0.6) is 0 Å². The fraction of sp³-hybridized carbons (Fsp3) is 0.500. The Hall–Kier alpha value is -3.89. The first kappa shape index (κ1) is 26.2. The van der Waals surface area contributed by atoms with Gasteiger partial charge in [-0.15, -0.1) is 0 Å². The summed E-state index contributed by atoms with van der Waals surface area (Å²) < 4.78 is 3.09. The molecule has 1 aliphatic heterocycles. The van der Waals surface area contributed by atoms with Crippen LogP contribution in [0, 0.1) is 6.92 Å². The van der Waals surface area contributed by atoms with Crippen molar-refractivity contribution in [1.82, 2.24) is 25.3 Å². The molecule has 37 heavy (non-hydrogen) atoms. The first-order chi connectivity index (χ1) is 17.6. The summed E-state index contributed by atoms with van der Waals surface area (Å²) in [7, 11) is 1.71. The van der Waals surface area contributed by atoms with E-state index in [2.05, 4.69) is 16.0 Å². The number of imide groups is 1. The highest BCUT2D eigenvalue weighted by Crippen LogP contribution is 2.31. The maximum Gasteiger partial charge on any atom is 0.322 e. The second-order valence-electron chi connectivity index (χ2n) is 9.94. The lowest BCUT2D eigenvalue weighted by Crippen LogP contribution is -2.62. The number of hydrogen-bond acceptors (Lipinski definition) is 5. The van der Waals surface area contributed by atoms with E-state index in [0.29, 0.717) is 11.4 Å². The van der Waals surface area contributed by atoms with Gasteiger partial charge in [-0.2, -0.15) is 0 Å². The molecule has 1 aromatic heterocycles. The van der Waals surface area contributed by atoms with Gasteiger partial charge in [0.25, 0.3) is 11.5 Å². The third kappa shape index (κ3) is 4.77. The number of benzene rings is 1. The lowest BCUT2D eigenvalue weighted by molar-refractivity contribution is -0.131. The van der Waals surface area contributed by atoms with E-state index >= 15 is 0 Å². The van der Waals surface area contributed by atoms with Crippen molar-refractivity contribution in [3.8, 4) is 5.69 Å². The average Bonchev–Trinajstić information content (AvgIpc) is 3.55. The Balaban J connectivity index is 1.82. The molecular weight excluding hydrogens is 476 g/mol. The van der Waals surface area contributed by atoms with Crippen LogP contribution >= 0.6 is 0 Å². The highest BCUT2D eigenvalue weighted by molar-refractivity contribution is 6.09. The lowest BCUT2D eigenvalue weighted by atomic mass is 9.92. The molecule has 2 aliphatic rings. The summed E-state index contributed by atoms with van der Waals surface area (Å²) in [6.07, 6.45) is 3.58. The number of rotatable bonds is 8. The molecule has 2 aromatic rings. The average molecular weight is 511 g/mol. The summed E-state index contributed by atoms with van der Waals surface area (Å²) in [4.78, 5) is 66.7. The molecule has 198 valence electrons. The summed E-state index contributed by atoms with van der Waals surface area (Å²) in [5.41, 5.74) is -0.735. The van der Waals surface area contributed by atoms with E-state index in [1.165, 1.54) is 9.58 Å². The Morgan fingerprint density at radius 3 is 2.35 bits per heavy atom. The van der Waals surface area contributed by atoms with Crippen molar-refractivity contribution in [3.63, 3.8) is 0 Å². The van der Waals surface area contributed by atoms with Gasteiger partial charge in [0.2, 0.25) is 11.8 Å². The molecule has 1 aliphatic carbocycles. The van der Waals surface area contributed by atoms with E-state index in [0.717, 1.165) is 25.7 Å². The number of carbonyl (C=O) groups excluding carboxylic acids is 4. The Kier molecular flexibility index (Phi) is 7.24. The number of carbonyl (C=O) groups is 4. The fourth-order valence-electron chi connectivity index (χ4n) is 5.16. The molecule has 0 spiro atoms. The van der Waals surface area contributed by atoms with Crippen molar-refractivity contribution in [2.24, 2.45) is 7.05 Å². The Bertz CT molecular complexity index is 1280. The van der Waals surface area contributed by atoms with E-state index in [-0.39, 0.29) is 24.1 Å². The SMILES string of the molecule is CC[C@@](C)(C(=O)NC1CCCC1)N(C(=O)C[C@H]1NC(=O)NC1=O)c1c(C)n(C)n(-c2ccccc2)c1=O. The van der Waals surface area contributed by atoms with Gasteiger partial charge in [-0.05, 0) is 45.2 Å². The fourth-order valence-corrected chi connectivity index (χ4v) is 5.16. The first-order valence-corrected chi connectivity index (χ1v) is 12.7. The van der Waals surface area contributed by atoms with Crippen LogP contribution in [0.25, 0.3) is 5.69 Å². The van der Waals surface area contributed by atoms with Gasteiger partial charge in [0.15, 0.2) is 0 Å². The molecule has 3 N–H and O–H groups in total. The van der Waals surface area contributed by atoms with Crippen LogP contribution in [0.2, 0.25) is 0 Å². The molecule has 1 aromatic carbocycles. The number of para-hydroxylation sites is 1. The third-order valence-electron chi connectivity index (χ3n) is 7.60. The van der Waals surface area contributed by atoms with Crippen LogP contribution in [0.1, 0.15) is 58.1 Å². The molecule has 2 fully saturated rings. The summed E-state index contributed by atoms with van der Waals surface area (Å²) in [5.74, 6) is -1.60. The lowest BCUT2D eigenvalue weighted by Gasteiger charge is -2.39. The number of urea groups is 1. The quantitative estimate of drug-likeness (QED) is 0.464. The van der Waals surface area contributed by atoms with E-state index in [4.69, 9.17) is 0 Å². The van der Waals surface area contributed by atoms with Gasteiger partial charge in [-0.3, -0.25) is 34.1 Å². The standard InChI is InChI=1S/C26H34N6O5/c1-5-26(3,24(36)27-17-11-9-10-12-17)31(20(33)15-19-22(34)29-25(37)28-19)21-16(2)30(4)32(23(21)35)18-13-7-6-8-14-18/h6-8,13-14,17,19H,5,9-12,15H2,1-4H3,(H,27,36)(H2,28,29,34,37)/t19-,26+/m1/s1. The van der Waals surface area contributed by atoms with Crippen molar-refractivity contribution in [2.45, 2.75) is 76.9 Å². The predicted octanol–water partition coefficient (Wildman–Crippen LogP) is 1.64. The Morgan fingerprint density at radius 1 is 1.14 bits per heavy atom. The van der Waals surface area contributed by atoms with Crippen LogP contribution in [0.4, 0.5) is 10.5 Å². The molecule has 1 saturated heterocycles. The Labute approximate surface area is 215 Å². The van der Waals surface area contributed by atoms with E-state index < -0.39 is 41.4 Å². The van der Waals surface area contributed by atoms with Crippen LogP contribution < -0.4 is 26.4 Å². The number of amides is 5. The van der Waals surface area contributed by atoms with Crippen LogP contribution in [0.15, 0.2) is 35.1 Å². The minimum Gasteiger partial charge on any atom is -0.351 e. The zero-order valence-corrected chi connectivity index (χ0v) is 21.7. The van der Waals surface area contributed by atoms with Gasteiger partial charge >= 0.3 is 6.03 Å². The summed E-state index contributed by atoms with van der Waals surface area (Å²) in [6, 6.07) is 7.23. The number of aromatic nitrogens is 2. The molecule has 5 amide bonds. The summed E-state index contributed by atoms with van der Waals surface area (Å²) >= 11 is 0. The third-order valence-corrected chi connectivity index (χ3v) is 7.60. The number of anilines is 1. The monoisotopic (exact) mass is 510 g/mol. The van der Waals surface area contributed by atoms with E-state index in [1.54, 1.807) is 56.8 Å². The molecule has 2 atom stereocenters. The van der Waals surface area contributed by atoms with Crippen molar-refractivity contribution >= 4 is 29.4 Å². The molecule has 11 heteroatoms. The number of hydrogen-bond donors (Lipinski definition) is 3. The molecule has 0 bridgehead atoms. The molecule has 2 heterocycles. The van der Waals surface area contributed by atoms with Crippen LogP contribution in [0.3, 0.4) is 0 Å². The van der Waals surface area contributed by atoms with Crippen molar-refractivity contribution < 1.29 is 19.2 Å². The predicted molar refractivity (Wildman–Crippen MR) is 137 cm³/mol. The van der Waals surface area contributed by atoms with Crippen molar-refractivity contribution in [2.75, 3.05) is 4.90 Å². The van der Waals surface area contributed by atoms with E-state index in [9.17, 15) is 24.0 Å². The molecule has 4 rings (SSSR count). The van der Waals surface area contributed by atoms with Gasteiger partial charge < -0.3 is 10.6 Å². The van der Waals surface area contributed by atoms with Gasteiger partial charge in [0, 0.05) is 13.1 Å². The molecule has 0 radical (unpaired) electrons. The maximum atomic E-state index is 13.9. The van der Waals surface area contributed by atoms with Crippen LogP contribution in [-0.2, 0) is 21.4 Å². The minimum absolute atomic E-state index is 0.00747. The topological polar surface area (TPSA) is 135 Å². The van der Waals surface area contributed by atoms with E-state index in [1.807, 2.05) is 6.07 Å². The highest BCUT2D eigenvalue weighted by atomic mass is 16.2. The summed E-state index contributed by atoms with van der Waals surface area (Å²) in [6.45, 7) is 5.14. The normalized spacial score (nSPS) is 19.3. The van der Waals surface area contributed by atoms with Crippen molar-refractivity contribution in [1.29, 1.82) is 0 Å². The van der Waals surface area contributed by atoms with Gasteiger partial charge in [0.1, 0.15) is 17.3 Å². The molecular formula is C26H34N6O5. The van der Waals surface area contributed by atoms with Crippen LogP contribution in [-0.4, -0.2) is 50.7 Å². The zero-order chi connectivity index (χ0) is 26.9. The smallest absolute Gasteiger partial charge is 0.322 e. The van der Waals surface area contributed by atoms with Crippen molar-refractivity contribution in [3.05, 3.63) is 46.4 Å². The van der Waals surface area contributed by atoms with Gasteiger partial charge in [0.05, 0.1) is 17.8 Å². The second kappa shape index (κ2) is 10.2. The Morgan fingerprint density at radius 2 is 1.78 bits per heavy atom. The summed E-state index contributed by atoms with van der Waals surface area (Å²) in [5, 5.41) is 7.64. The maximum absolute atomic E-state index is 13.9. The molecule has 0 unspecified atom stereocenters. The molecule has 1 saturated carbocycles. The number of nitrogens with one attached hydrogen (secondary N) is 3. The number of nitrogens with zero attached hydrogens (tertiary/aromatic N) is 3. The molecule has 11 nitrogen and oxygen atoms in total. The van der Waals surface area contributed by atoms with Gasteiger partial charge in [-0.25, -0.2) is 9.48 Å². The zero-order valence-electron chi connectivity index (χ0n) is 21.7. The first-order valence-electron chi connectivity index (χ1n) is 12.7. The minimum atomic E-state index is -1.42. The largest absolute Gasteiger partial charge is 0.351 e. The van der Waals surface area contributed by atoms with Gasteiger partial charge in [-0.1, -0.05) is 38.0 Å². The highest BCUT2D eigenvalue weighted by Gasteiger charge is 2.46. The second-order valence-corrected chi connectivity index (χ2v) is 9.94.